The predicted molar refractivity (Wildman–Crippen MR) is 95.8 cm³/mol. The molecule has 9 heteroatoms. The molecule has 0 N–H and O–H groups in total. The summed E-state index contributed by atoms with van der Waals surface area (Å²) in [6, 6.07) is 8.12. The highest BCUT2D eigenvalue weighted by Gasteiger charge is 2.32. The van der Waals surface area contributed by atoms with Crippen molar-refractivity contribution >= 4 is 11.6 Å². The van der Waals surface area contributed by atoms with E-state index in [-0.39, 0.29) is 10.8 Å². The fraction of sp³-hybridized carbons (Fsp3) is 0.278. The maximum Gasteiger partial charge on any atom is 0.417 e. The van der Waals surface area contributed by atoms with Crippen molar-refractivity contribution in [2.24, 2.45) is 0 Å². The van der Waals surface area contributed by atoms with Crippen molar-refractivity contribution in [3.05, 3.63) is 69.0 Å². The SMILES string of the molecule is Cc1nn(-c2ncc(C(F)(F)F)cc2Cl)c(=O)n1-c1ccc(C(C)C)cc1. The third-order valence-corrected chi connectivity index (χ3v) is 4.39. The zero-order valence-corrected chi connectivity index (χ0v) is 15.5. The van der Waals surface area contributed by atoms with Gasteiger partial charge in [-0.1, -0.05) is 37.6 Å². The molecule has 2 heterocycles. The van der Waals surface area contributed by atoms with Crippen LogP contribution in [0.3, 0.4) is 0 Å². The molecule has 142 valence electrons. The van der Waals surface area contributed by atoms with Crippen LogP contribution in [-0.2, 0) is 6.18 Å². The van der Waals surface area contributed by atoms with E-state index in [9.17, 15) is 18.0 Å². The molecule has 0 saturated heterocycles. The van der Waals surface area contributed by atoms with E-state index in [2.05, 4.69) is 23.9 Å². The molecule has 0 unspecified atom stereocenters. The van der Waals surface area contributed by atoms with Gasteiger partial charge in [-0.15, -0.1) is 5.10 Å². The van der Waals surface area contributed by atoms with E-state index in [0.29, 0.717) is 23.6 Å². The van der Waals surface area contributed by atoms with E-state index in [1.807, 2.05) is 12.1 Å². The quantitative estimate of drug-likeness (QED) is 0.654. The third-order valence-electron chi connectivity index (χ3n) is 4.11. The van der Waals surface area contributed by atoms with Gasteiger partial charge >= 0.3 is 11.9 Å². The summed E-state index contributed by atoms with van der Waals surface area (Å²) in [7, 11) is 0. The summed E-state index contributed by atoms with van der Waals surface area (Å²) in [4.78, 5) is 16.5. The fourth-order valence-electron chi connectivity index (χ4n) is 2.65. The molecule has 0 radical (unpaired) electrons. The van der Waals surface area contributed by atoms with Crippen molar-refractivity contribution < 1.29 is 13.2 Å². The van der Waals surface area contributed by atoms with E-state index >= 15 is 0 Å². The zero-order valence-electron chi connectivity index (χ0n) is 14.8. The van der Waals surface area contributed by atoms with E-state index in [1.165, 1.54) is 4.57 Å². The van der Waals surface area contributed by atoms with Crippen molar-refractivity contribution in [1.82, 2.24) is 19.3 Å². The molecule has 3 aromatic rings. The Labute approximate surface area is 158 Å². The third kappa shape index (κ3) is 3.62. The molecule has 0 atom stereocenters. The average Bonchev–Trinajstić information content (AvgIpc) is 2.88. The Hall–Kier alpha value is -2.61. The standard InChI is InChI=1S/C18H16ClF3N4O/c1-10(2)12-4-6-14(7-5-12)25-11(3)24-26(17(25)27)16-15(19)8-13(9-23-16)18(20,21)22/h4-10H,1-3H3. The second-order valence-corrected chi connectivity index (χ2v) is 6.76. The van der Waals surface area contributed by atoms with Crippen LogP contribution in [0.1, 0.15) is 36.7 Å². The number of pyridine rings is 1. The summed E-state index contributed by atoms with van der Waals surface area (Å²) in [6.45, 7) is 5.73. The molecule has 1 aromatic carbocycles. The van der Waals surface area contributed by atoms with E-state index < -0.39 is 17.4 Å². The number of alkyl halides is 3. The Bertz CT molecular complexity index is 1040. The monoisotopic (exact) mass is 396 g/mol. The van der Waals surface area contributed by atoms with E-state index in [1.54, 1.807) is 19.1 Å². The van der Waals surface area contributed by atoms with Crippen LogP contribution in [0, 0.1) is 6.92 Å². The lowest BCUT2D eigenvalue weighted by Crippen LogP contribution is -2.24. The number of hydrogen-bond acceptors (Lipinski definition) is 3. The Morgan fingerprint density at radius 1 is 1.15 bits per heavy atom. The van der Waals surface area contributed by atoms with Crippen molar-refractivity contribution in [1.29, 1.82) is 0 Å². The van der Waals surface area contributed by atoms with Gasteiger partial charge in [0, 0.05) is 6.20 Å². The van der Waals surface area contributed by atoms with Gasteiger partial charge in [-0.25, -0.2) is 14.3 Å². The first kappa shape index (κ1) is 19.2. The summed E-state index contributed by atoms with van der Waals surface area (Å²) in [6.07, 6.45) is -3.95. The van der Waals surface area contributed by atoms with Crippen LogP contribution in [-0.4, -0.2) is 19.3 Å². The van der Waals surface area contributed by atoms with Crippen LogP contribution < -0.4 is 5.69 Å². The minimum Gasteiger partial charge on any atom is -0.247 e. The number of hydrogen-bond donors (Lipinski definition) is 0. The molecule has 3 rings (SSSR count). The molecule has 27 heavy (non-hydrogen) atoms. The fourth-order valence-corrected chi connectivity index (χ4v) is 2.90. The lowest BCUT2D eigenvalue weighted by atomic mass is 10.0. The van der Waals surface area contributed by atoms with Gasteiger partial charge in [0.25, 0.3) is 0 Å². The molecular weight excluding hydrogens is 381 g/mol. The first-order chi connectivity index (χ1) is 12.6. The second-order valence-electron chi connectivity index (χ2n) is 6.35. The zero-order chi connectivity index (χ0) is 19.9. The van der Waals surface area contributed by atoms with E-state index in [0.717, 1.165) is 16.3 Å². The Balaban J connectivity index is 2.08. The molecule has 0 aliphatic carbocycles. The van der Waals surface area contributed by atoms with Crippen molar-refractivity contribution in [3.8, 4) is 11.5 Å². The van der Waals surface area contributed by atoms with Gasteiger partial charge in [0.2, 0.25) is 0 Å². The van der Waals surface area contributed by atoms with Crippen molar-refractivity contribution in [2.75, 3.05) is 0 Å². The molecule has 0 amide bonds. The summed E-state index contributed by atoms with van der Waals surface area (Å²) in [5.41, 5.74) is 0.143. The van der Waals surface area contributed by atoms with Gasteiger partial charge in [0.05, 0.1) is 16.3 Å². The summed E-state index contributed by atoms with van der Waals surface area (Å²) < 4.78 is 40.6. The Morgan fingerprint density at radius 3 is 2.30 bits per heavy atom. The topological polar surface area (TPSA) is 52.7 Å². The van der Waals surface area contributed by atoms with Gasteiger partial charge in [0.15, 0.2) is 5.82 Å². The number of benzene rings is 1. The molecule has 0 aliphatic heterocycles. The number of aromatic nitrogens is 4. The highest BCUT2D eigenvalue weighted by molar-refractivity contribution is 6.32. The number of rotatable bonds is 3. The second kappa shape index (κ2) is 6.84. The molecule has 5 nitrogen and oxygen atoms in total. The normalized spacial score (nSPS) is 12.0. The first-order valence-electron chi connectivity index (χ1n) is 8.11. The first-order valence-corrected chi connectivity index (χ1v) is 8.49. The predicted octanol–water partition coefficient (Wildman–Crippen LogP) is 4.52. The van der Waals surface area contributed by atoms with E-state index in [4.69, 9.17) is 11.6 Å². The van der Waals surface area contributed by atoms with Crippen LogP contribution in [0.15, 0.2) is 41.3 Å². The Kier molecular flexibility index (Phi) is 4.86. The maximum atomic E-state index is 12.8. The lowest BCUT2D eigenvalue weighted by Gasteiger charge is -2.08. The molecular formula is C18H16ClF3N4O. The van der Waals surface area contributed by atoms with Crippen LogP contribution in [0.4, 0.5) is 13.2 Å². The van der Waals surface area contributed by atoms with Crippen LogP contribution in [0.5, 0.6) is 0 Å². The molecule has 0 aliphatic rings. The Morgan fingerprint density at radius 2 is 1.78 bits per heavy atom. The van der Waals surface area contributed by atoms with Crippen molar-refractivity contribution in [3.63, 3.8) is 0 Å². The van der Waals surface area contributed by atoms with Gasteiger partial charge in [0.1, 0.15) is 5.82 Å². The van der Waals surface area contributed by atoms with Crippen LogP contribution in [0.25, 0.3) is 11.5 Å². The summed E-state index contributed by atoms with van der Waals surface area (Å²) in [5.74, 6) is 0.542. The van der Waals surface area contributed by atoms with Gasteiger partial charge in [-0.3, -0.25) is 0 Å². The molecule has 2 aromatic heterocycles. The lowest BCUT2D eigenvalue weighted by molar-refractivity contribution is -0.137. The average molecular weight is 397 g/mol. The smallest absolute Gasteiger partial charge is 0.247 e. The number of halogens is 4. The number of aryl methyl sites for hydroxylation is 1. The van der Waals surface area contributed by atoms with Crippen LogP contribution in [0.2, 0.25) is 5.02 Å². The van der Waals surface area contributed by atoms with Gasteiger partial charge in [-0.2, -0.15) is 17.9 Å². The van der Waals surface area contributed by atoms with Gasteiger partial charge in [-0.05, 0) is 36.6 Å². The molecule has 0 fully saturated rings. The molecule has 0 saturated carbocycles. The summed E-state index contributed by atoms with van der Waals surface area (Å²) >= 11 is 5.93. The molecule has 0 bridgehead atoms. The largest absolute Gasteiger partial charge is 0.417 e. The van der Waals surface area contributed by atoms with Gasteiger partial charge < -0.3 is 0 Å². The van der Waals surface area contributed by atoms with Crippen LogP contribution >= 0.6 is 11.6 Å². The highest BCUT2D eigenvalue weighted by atomic mass is 35.5. The summed E-state index contributed by atoms with van der Waals surface area (Å²) in [5, 5.41) is 3.79. The highest BCUT2D eigenvalue weighted by Crippen LogP contribution is 2.31. The minimum atomic E-state index is -4.58. The molecule has 0 spiro atoms. The number of nitrogens with zero attached hydrogens (tertiary/aromatic N) is 4. The minimum absolute atomic E-state index is 0.157. The van der Waals surface area contributed by atoms with Crippen molar-refractivity contribution in [2.45, 2.75) is 32.9 Å². The maximum absolute atomic E-state index is 12.8.